The molecular formula is C19H20ClNO2. The molecule has 0 saturated carbocycles. The number of para-hydroxylation sites is 1. The number of piperidine rings is 1. The van der Waals surface area contributed by atoms with Crippen molar-refractivity contribution >= 4 is 17.7 Å². The molecule has 1 saturated heterocycles. The Balaban J connectivity index is 1.50. The van der Waals surface area contributed by atoms with Gasteiger partial charge in [0.2, 0.25) is 0 Å². The predicted molar refractivity (Wildman–Crippen MR) is 91.9 cm³/mol. The van der Waals surface area contributed by atoms with E-state index in [9.17, 15) is 4.79 Å². The van der Waals surface area contributed by atoms with Crippen molar-refractivity contribution < 1.29 is 9.53 Å². The van der Waals surface area contributed by atoms with Gasteiger partial charge in [0.1, 0.15) is 0 Å². The quantitative estimate of drug-likeness (QED) is 0.810. The van der Waals surface area contributed by atoms with Gasteiger partial charge in [-0.05, 0) is 42.9 Å². The minimum Gasteiger partial charge on any atom is -0.409 e. The number of benzene rings is 2. The number of carbonyl (C=O) groups excluding carboxylic acids is 1. The third kappa shape index (κ3) is 4.26. The number of hydrogen-bond donors (Lipinski definition) is 0. The second-order valence-corrected chi connectivity index (χ2v) is 6.33. The standard InChI is InChI=1S/C19H20ClNO2/c20-17-8-4-5-9-18(17)23-19(22)21-12-10-16(11-13-21)14-15-6-2-1-3-7-15/h1-9,16H,10-14H2. The molecule has 1 amide bonds. The summed E-state index contributed by atoms with van der Waals surface area (Å²) >= 11 is 6.02. The Kier molecular flexibility index (Phi) is 5.19. The molecule has 0 atom stereocenters. The Morgan fingerprint density at radius 2 is 1.70 bits per heavy atom. The maximum absolute atomic E-state index is 12.2. The number of amides is 1. The Morgan fingerprint density at radius 3 is 2.39 bits per heavy atom. The fourth-order valence-corrected chi connectivity index (χ4v) is 3.13. The first-order valence-electron chi connectivity index (χ1n) is 7.97. The molecule has 0 spiro atoms. The molecular weight excluding hydrogens is 310 g/mol. The molecule has 23 heavy (non-hydrogen) atoms. The van der Waals surface area contributed by atoms with E-state index in [2.05, 4.69) is 24.3 Å². The fourth-order valence-electron chi connectivity index (χ4n) is 2.95. The van der Waals surface area contributed by atoms with Crippen molar-refractivity contribution in [2.75, 3.05) is 13.1 Å². The molecule has 4 heteroatoms. The summed E-state index contributed by atoms with van der Waals surface area (Å²) in [5.74, 6) is 1.05. The molecule has 2 aromatic rings. The Bertz CT molecular complexity index is 651. The SMILES string of the molecule is O=C(Oc1ccccc1Cl)N1CCC(Cc2ccccc2)CC1. The highest BCUT2D eigenvalue weighted by Crippen LogP contribution is 2.26. The number of hydrogen-bond acceptors (Lipinski definition) is 2. The lowest BCUT2D eigenvalue weighted by Gasteiger charge is -2.31. The molecule has 1 aliphatic heterocycles. The number of carbonyl (C=O) groups is 1. The van der Waals surface area contributed by atoms with Crippen LogP contribution in [0.1, 0.15) is 18.4 Å². The molecule has 3 nitrogen and oxygen atoms in total. The molecule has 120 valence electrons. The van der Waals surface area contributed by atoms with E-state index in [1.165, 1.54) is 5.56 Å². The van der Waals surface area contributed by atoms with Crippen LogP contribution >= 0.6 is 11.6 Å². The maximum atomic E-state index is 12.2. The van der Waals surface area contributed by atoms with Crippen molar-refractivity contribution in [3.05, 3.63) is 65.2 Å². The zero-order valence-corrected chi connectivity index (χ0v) is 13.7. The lowest BCUT2D eigenvalue weighted by molar-refractivity contribution is 0.131. The van der Waals surface area contributed by atoms with Gasteiger partial charge in [0, 0.05) is 13.1 Å². The molecule has 2 aromatic carbocycles. The van der Waals surface area contributed by atoms with Gasteiger partial charge in [-0.3, -0.25) is 0 Å². The van der Waals surface area contributed by atoms with E-state index in [-0.39, 0.29) is 6.09 Å². The van der Waals surface area contributed by atoms with Crippen LogP contribution in [0.4, 0.5) is 4.79 Å². The molecule has 1 heterocycles. The Labute approximate surface area is 141 Å². The summed E-state index contributed by atoms with van der Waals surface area (Å²) in [6, 6.07) is 17.6. The largest absolute Gasteiger partial charge is 0.415 e. The molecule has 0 bridgehead atoms. The van der Waals surface area contributed by atoms with Crippen LogP contribution in [0.15, 0.2) is 54.6 Å². The van der Waals surface area contributed by atoms with E-state index in [0.29, 0.717) is 16.7 Å². The van der Waals surface area contributed by atoms with Gasteiger partial charge >= 0.3 is 6.09 Å². The minimum absolute atomic E-state index is 0.309. The van der Waals surface area contributed by atoms with Gasteiger partial charge in [0.25, 0.3) is 0 Å². The van der Waals surface area contributed by atoms with E-state index in [1.54, 1.807) is 23.1 Å². The van der Waals surface area contributed by atoms with Gasteiger partial charge < -0.3 is 9.64 Å². The predicted octanol–water partition coefficient (Wildman–Crippen LogP) is 4.79. The van der Waals surface area contributed by atoms with Crippen molar-refractivity contribution in [3.8, 4) is 5.75 Å². The highest BCUT2D eigenvalue weighted by molar-refractivity contribution is 6.32. The number of nitrogens with zero attached hydrogens (tertiary/aromatic N) is 1. The van der Waals surface area contributed by atoms with Crippen LogP contribution in [0.3, 0.4) is 0 Å². The molecule has 0 aliphatic carbocycles. The smallest absolute Gasteiger partial charge is 0.409 e. The summed E-state index contributed by atoms with van der Waals surface area (Å²) < 4.78 is 5.39. The maximum Gasteiger partial charge on any atom is 0.415 e. The highest BCUT2D eigenvalue weighted by atomic mass is 35.5. The van der Waals surface area contributed by atoms with E-state index < -0.39 is 0 Å². The summed E-state index contributed by atoms with van der Waals surface area (Å²) in [6.45, 7) is 1.47. The van der Waals surface area contributed by atoms with Crippen LogP contribution in [0.2, 0.25) is 5.02 Å². The first-order chi connectivity index (χ1) is 11.2. The third-order valence-corrected chi connectivity index (χ3v) is 4.59. The molecule has 1 aliphatic rings. The molecule has 1 fully saturated rings. The van der Waals surface area contributed by atoms with Gasteiger partial charge in [0.15, 0.2) is 5.75 Å². The van der Waals surface area contributed by atoms with Crippen molar-refractivity contribution in [2.24, 2.45) is 5.92 Å². The van der Waals surface area contributed by atoms with Crippen molar-refractivity contribution in [1.29, 1.82) is 0 Å². The van der Waals surface area contributed by atoms with Gasteiger partial charge in [-0.15, -0.1) is 0 Å². The van der Waals surface area contributed by atoms with E-state index >= 15 is 0 Å². The molecule has 0 radical (unpaired) electrons. The average molecular weight is 330 g/mol. The summed E-state index contributed by atoms with van der Waals surface area (Å²) in [5.41, 5.74) is 1.37. The topological polar surface area (TPSA) is 29.5 Å². The summed E-state index contributed by atoms with van der Waals surface area (Å²) in [5, 5.41) is 0.458. The number of rotatable bonds is 3. The van der Waals surface area contributed by atoms with Gasteiger partial charge in [-0.1, -0.05) is 54.1 Å². The van der Waals surface area contributed by atoms with Crippen molar-refractivity contribution in [2.45, 2.75) is 19.3 Å². The molecule has 0 aromatic heterocycles. The molecule has 0 N–H and O–H groups in total. The second-order valence-electron chi connectivity index (χ2n) is 5.92. The molecule has 0 unspecified atom stereocenters. The number of ether oxygens (including phenoxy) is 1. The highest BCUT2D eigenvalue weighted by Gasteiger charge is 2.24. The fraction of sp³-hybridized carbons (Fsp3) is 0.316. The summed E-state index contributed by atoms with van der Waals surface area (Å²) in [6.07, 6.45) is 2.78. The number of likely N-dealkylation sites (tertiary alicyclic amines) is 1. The van der Waals surface area contributed by atoms with E-state index in [1.807, 2.05) is 12.1 Å². The molecule has 3 rings (SSSR count). The van der Waals surface area contributed by atoms with Crippen LogP contribution in [0.25, 0.3) is 0 Å². The van der Waals surface area contributed by atoms with Crippen molar-refractivity contribution in [1.82, 2.24) is 4.90 Å². The first-order valence-corrected chi connectivity index (χ1v) is 8.35. The monoisotopic (exact) mass is 329 g/mol. The zero-order valence-electron chi connectivity index (χ0n) is 13.0. The first kappa shape index (κ1) is 15.9. The van der Waals surface area contributed by atoms with Crippen LogP contribution in [-0.2, 0) is 6.42 Å². The Hall–Kier alpha value is -2.00. The second kappa shape index (κ2) is 7.51. The Morgan fingerprint density at radius 1 is 1.04 bits per heavy atom. The summed E-state index contributed by atoms with van der Waals surface area (Å²) in [4.78, 5) is 14.0. The third-order valence-electron chi connectivity index (χ3n) is 4.27. The van der Waals surface area contributed by atoms with Gasteiger partial charge in [-0.25, -0.2) is 4.79 Å². The van der Waals surface area contributed by atoms with Crippen LogP contribution in [0.5, 0.6) is 5.75 Å². The van der Waals surface area contributed by atoms with Crippen molar-refractivity contribution in [3.63, 3.8) is 0 Å². The average Bonchev–Trinajstić information content (AvgIpc) is 2.58. The van der Waals surface area contributed by atoms with Gasteiger partial charge in [-0.2, -0.15) is 0 Å². The van der Waals surface area contributed by atoms with Gasteiger partial charge in [0.05, 0.1) is 5.02 Å². The normalized spacial score (nSPS) is 15.4. The lowest BCUT2D eigenvalue weighted by atomic mass is 9.90. The van der Waals surface area contributed by atoms with Crippen LogP contribution in [0, 0.1) is 5.92 Å². The lowest BCUT2D eigenvalue weighted by Crippen LogP contribution is -2.40. The van der Waals surface area contributed by atoms with E-state index in [4.69, 9.17) is 16.3 Å². The minimum atomic E-state index is -0.309. The van der Waals surface area contributed by atoms with E-state index in [0.717, 1.165) is 32.4 Å². The zero-order chi connectivity index (χ0) is 16.1. The van der Waals surface area contributed by atoms with Crippen LogP contribution in [-0.4, -0.2) is 24.1 Å². The van der Waals surface area contributed by atoms with Crippen LogP contribution < -0.4 is 4.74 Å². The number of halogens is 1. The summed E-state index contributed by atoms with van der Waals surface area (Å²) in [7, 11) is 0.